The Kier molecular flexibility index (Phi) is 4.56. The minimum atomic E-state index is -1.40. The van der Waals surface area contributed by atoms with Gasteiger partial charge in [-0.1, -0.05) is 29.3 Å². The lowest BCUT2D eigenvalue weighted by Crippen LogP contribution is -2.13. The van der Waals surface area contributed by atoms with Crippen molar-refractivity contribution in [3.8, 4) is 6.07 Å². The second-order valence-electron chi connectivity index (χ2n) is 4.23. The Hall–Kier alpha value is -1.96. The van der Waals surface area contributed by atoms with Crippen LogP contribution in [-0.4, -0.2) is 5.78 Å². The van der Waals surface area contributed by atoms with E-state index in [-0.39, 0.29) is 21.2 Å². The third-order valence-corrected chi connectivity index (χ3v) is 3.45. The molecule has 6 heteroatoms. The highest BCUT2D eigenvalue weighted by atomic mass is 35.5. The molecule has 1 unspecified atom stereocenters. The summed E-state index contributed by atoms with van der Waals surface area (Å²) in [6, 6.07) is 8.68. The van der Waals surface area contributed by atoms with Crippen LogP contribution in [0.3, 0.4) is 0 Å². The molecule has 0 aromatic heterocycles. The SMILES string of the molecule is N#CC(C(=O)c1c(Cl)cccc1Cl)c1cc(F)cc(F)c1. The standard InChI is InChI=1S/C15H7Cl2F2NO/c16-12-2-1-3-13(17)14(12)15(21)11(7-20)8-4-9(18)6-10(19)5-8/h1-6,11H. The van der Waals surface area contributed by atoms with Crippen molar-refractivity contribution in [3.05, 3.63) is 69.2 Å². The number of hydrogen-bond acceptors (Lipinski definition) is 2. The average molecular weight is 326 g/mol. The van der Waals surface area contributed by atoms with E-state index in [4.69, 9.17) is 23.2 Å². The molecule has 0 radical (unpaired) electrons. The number of nitrogens with zero attached hydrogens (tertiary/aromatic N) is 1. The van der Waals surface area contributed by atoms with E-state index < -0.39 is 23.3 Å². The van der Waals surface area contributed by atoms with Gasteiger partial charge >= 0.3 is 0 Å². The van der Waals surface area contributed by atoms with Gasteiger partial charge in [0.1, 0.15) is 17.6 Å². The second-order valence-corrected chi connectivity index (χ2v) is 5.04. The van der Waals surface area contributed by atoms with Crippen LogP contribution in [0, 0.1) is 23.0 Å². The lowest BCUT2D eigenvalue weighted by molar-refractivity contribution is 0.0979. The Balaban J connectivity index is 2.52. The zero-order chi connectivity index (χ0) is 15.6. The van der Waals surface area contributed by atoms with Crippen molar-refractivity contribution in [3.63, 3.8) is 0 Å². The largest absolute Gasteiger partial charge is 0.292 e. The molecule has 2 rings (SSSR count). The summed E-state index contributed by atoms with van der Waals surface area (Å²) in [7, 11) is 0. The maximum absolute atomic E-state index is 13.2. The van der Waals surface area contributed by atoms with Crippen LogP contribution >= 0.6 is 23.2 Å². The molecule has 2 nitrogen and oxygen atoms in total. The number of ketones is 1. The summed E-state index contributed by atoms with van der Waals surface area (Å²) in [5.41, 5.74) is -0.131. The predicted octanol–water partition coefficient (Wildman–Crippen LogP) is 4.76. The first-order valence-electron chi connectivity index (χ1n) is 5.78. The summed E-state index contributed by atoms with van der Waals surface area (Å²) in [5.74, 6) is -3.85. The maximum atomic E-state index is 13.2. The first-order chi connectivity index (χ1) is 9.93. The third-order valence-electron chi connectivity index (χ3n) is 2.82. The van der Waals surface area contributed by atoms with Gasteiger partial charge in [-0.3, -0.25) is 4.79 Å². The van der Waals surface area contributed by atoms with Crippen LogP contribution in [-0.2, 0) is 0 Å². The molecule has 0 amide bonds. The van der Waals surface area contributed by atoms with Crippen molar-refractivity contribution in [1.82, 2.24) is 0 Å². The summed E-state index contributed by atoms with van der Waals surface area (Å²) in [6.07, 6.45) is 0. The van der Waals surface area contributed by atoms with E-state index in [0.29, 0.717) is 6.07 Å². The number of carbonyl (C=O) groups is 1. The molecule has 0 spiro atoms. The van der Waals surface area contributed by atoms with Crippen LogP contribution in [0.2, 0.25) is 10.0 Å². The van der Waals surface area contributed by atoms with Crippen molar-refractivity contribution in [2.75, 3.05) is 0 Å². The molecule has 0 saturated carbocycles. The third kappa shape index (κ3) is 3.21. The fourth-order valence-electron chi connectivity index (χ4n) is 1.90. The van der Waals surface area contributed by atoms with Crippen molar-refractivity contribution in [2.45, 2.75) is 5.92 Å². The van der Waals surface area contributed by atoms with Crippen molar-refractivity contribution < 1.29 is 13.6 Å². The number of benzene rings is 2. The second kappa shape index (κ2) is 6.21. The highest BCUT2D eigenvalue weighted by Crippen LogP contribution is 2.30. The van der Waals surface area contributed by atoms with Crippen LogP contribution in [0.15, 0.2) is 36.4 Å². The van der Waals surface area contributed by atoms with Gasteiger partial charge in [-0.25, -0.2) is 8.78 Å². The number of Topliss-reactive ketones (excluding diaryl/α,β-unsaturated/α-hetero) is 1. The molecular formula is C15H7Cl2F2NO. The number of carbonyl (C=O) groups excluding carboxylic acids is 1. The summed E-state index contributed by atoms with van der Waals surface area (Å²) in [6.45, 7) is 0. The molecular weight excluding hydrogens is 319 g/mol. The van der Waals surface area contributed by atoms with Crippen LogP contribution in [0.4, 0.5) is 8.78 Å². The topological polar surface area (TPSA) is 40.9 Å². The Labute approximate surface area is 129 Å². The molecule has 0 fully saturated rings. The number of halogens is 4. The molecule has 21 heavy (non-hydrogen) atoms. The summed E-state index contributed by atoms with van der Waals surface area (Å²) in [4.78, 5) is 12.4. The van der Waals surface area contributed by atoms with Gasteiger partial charge in [0.15, 0.2) is 5.78 Å². The number of nitriles is 1. The maximum Gasteiger partial charge on any atom is 0.187 e. The molecule has 0 bridgehead atoms. The number of hydrogen-bond donors (Lipinski definition) is 0. The predicted molar refractivity (Wildman–Crippen MR) is 75.5 cm³/mol. The van der Waals surface area contributed by atoms with Crippen LogP contribution in [0.25, 0.3) is 0 Å². The molecule has 0 aliphatic heterocycles. The Morgan fingerprint density at radius 3 is 2.10 bits per heavy atom. The smallest absolute Gasteiger partial charge is 0.187 e. The lowest BCUT2D eigenvalue weighted by atomic mass is 9.91. The summed E-state index contributed by atoms with van der Waals surface area (Å²) >= 11 is 11.8. The van der Waals surface area contributed by atoms with E-state index >= 15 is 0 Å². The molecule has 2 aromatic rings. The Morgan fingerprint density at radius 1 is 1.10 bits per heavy atom. The van der Waals surface area contributed by atoms with Gasteiger partial charge in [-0.15, -0.1) is 0 Å². The molecule has 0 N–H and O–H groups in total. The fourth-order valence-corrected chi connectivity index (χ4v) is 2.49. The first-order valence-corrected chi connectivity index (χ1v) is 6.53. The summed E-state index contributed by atoms with van der Waals surface area (Å²) in [5, 5.41) is 9.32. The molecule has 0 aliphatic carbocycles. The quantitative estimate of drug-likeness (QED) is 0.763. The van der Waals surface area contributed by atoms with E-state index in [1.807, 2.05) is 0 Å². The zero-order valence-electron chi connectivity index (χ0n) is 10.4. The van der Waals surface area contributed by atoms with Crippen molar-refractivity contribution >= 4 is 29.0 Å². The molecule has 1 atom stereocenters. The van der Waals surface area contributed by atoms with E-state index in [9.17, 15) is 18.8 Å². The normalized spacial score (nSPS) is 11.8. The van der Waals surface area contributed by atoms with Gasteiger partial charge in [-0.2, -0.15) is 5.26 Å². The fraction of sp³-hybridized carbons (Fsp3) is 0.0667. The van der Waals surface area contributed by atoms with Crippen LogP contribution in [0.1, 0.15) is 21.8 Å². The average Bonchev–Trinajstić information content (AvgIpc) is 2.38. The molecule has 0 saturated heterocycles. The Bertz CT molecular complexity index is 715. The lowest BCUT2D eigenvalue weighted by Gasteiger charge is -2.11. The van der Waals surface area contributed by atoms with Crippen molar-refractivity contribution in [2.24, 2.45) is 0 Å². The van der Waals surface area contributed by atoms with Gasteiger partial charge in [0, 0.05) is 6.07 Å². The molecule has 2 aromatic carbocycles. The van der Waals surface area contributed by atoms with Crippen LogP contribution < -0.4 is 0 Å². The number of rotatable bonds is 3. The highest BCUT2D eigenvalue weighted by Gasteiger charge is 2.26. The van der Waals surface area contributed by atoms with Gasteiger partial charge < -0.3 is 0 Å². The highest BCUT2D eigenvalue weighted by molar-refractivity contribution is 6.40. The monoisotopic (exact) mass is 325 g/mol. The van der Waals surface area contributed by atoms with Gasteiger partial charge in [-0.05, 0) is 29.8 Å². The first kappa shape index (κ1) is 15.4. The van der Waals surface area contributed by atoms with Gasteiger partial charge in [0.25, 0.3) is 0 Å². The van der Waals surface area contributed by atoms with Crippen molar-refractivity contribution in [1.29, 1.82) is 5.26 Å². The zero-order valence-corrected chi connectivity index (χ0v) is 11.9. The molecule has 106 valence electrons. The molecule has 0 aliphatic rings. The van der Waals surface area contributed by atoms with Gasteiger partial charge in [0.05, 0.1) is 21.7 Å². The van der Waals surface area contributed by atoms with Gasteiger partial charge in [0.2, 0.25) is 0 Å². The van der Waals surface area contributed by atoms with E-state index in [1.54, 1.807) is 12.1 Å². The summed E-state index contributed by atoms with van der Waals surface area (Å²) < 4.78 is 26.5. The minimum Gasteiger partial charge on any atom is -0.292 e. The van der Waals surface area contributed by atoms with E-state index in [0.717, 1.165) is 12.1 Å². The Morgan fingerprint density at radius 2 is 1.62 bits per heavy atom. The van der Waals surface area contributed by atoms with E-state index in [1.165, 1.54) is 12.1 Å². The minimum absolute atomic E-state index is 0.0444. The van der Waals surface area contributed by atoms with E-state index in [2.05, 4.69) is 0 Å². The van der Waals surface area contributed by atoms with Crippen LogP contribution in [0.5, 0.6) is 0 Å². The molecule has 0 heterocycles.